The van der Waals surface area contributed by atoms with E-state index in [1.54, 1.807) is 7.05 Å². The Hall–Kier alpha value is 0.300. The molecule has 0 aromatic rings. The predicted octanol–water partition coefficient (Wildman–Crippen LogP) is 0.710. The van der Waals surface area contributed by atoms with Gasteiger partial charge in [0.2, 0.25) is 0 Å². The van der Waals surface area contributed by atoms with Gasteiger partial charge in [0, 0.05) is 19.6 Å². The monoisotopic (exact) mass is 407 g/mol. The zero-order chi connectivity index (χ0) is 12.7. The van der Waals surface area contributed by atoms with E-state index < -0.39 is 9.84 Å². The molecule has 2 N–H and O–H groups in total. The van der Waals surface area contributed by atoms with Crippen molar-refractivity contribution in [2.24, 2.45) is 4.99 Å². The number of hydrogen-bond acceptors (Lipinski definition) is 4. The van der Waals surface area contributed by atoms with Crippen molar-refractivity contribution in [1.82, 2.24) is 10.6 Å². The third-order valence-corrected chi connectivity index (χ3v) is 5.08. The van der Waals surface area contributed by atoms with Gasteiger partial charge in [-0.05, 0) is 24.9 Å². The van der Waals surface area contributed by atoms with Gasteiger partial charge in [0.1, 0.15) is 0 Å². The second kappa shape index (κ2) is 9.24. The van der Waals surface area contributed by atoms with Crippen LogP contribution in [0.15, 0.2) is 4.99 Å². The van der Waals surface area contributed by atoms with E-state index in [4.69, 9.17) is 0 Å². The zero-order valence-corrected chi connectivity index (χ0v) is 14.8. The number of thioether (sulfide) groups is 1. The van der Waals surface area contributed by atoms with Gasteiger partial charge in [-0.25, -0.2) is 8.42 Å². The van der Waals surface area contributed by atoms with Crippen LogP contribution in [0.4, 0.5) is 0 Å². The fourth-order valence-electron chi connectivity index (χ4n) is 1.72. The third-order valence-electron chi connectivity index (χ3n) is 2.61. The molecule has 1 fully saturated rings. The van der Waals surface area contributed by atoms with Crippen LogP contribution >= 0.6 is 35.7 Å². The van der Waals surface area contributed by atoms with Gasteiger partial charge in [0.25, 0.3) is 0 Å². The van der Waals surface area contributed by atoms with Gasteiger partial charge in [-0.15, -0.1) is 24.0 Å². The maximum absolute atomic E-state index is 11.3. The molecule has 0 radical (unpaired) electrons. The molecule has 1 atom stereocenters. The van der Waals surface area contributed by atoms with Crippen molar-refractivity contribution < 1.29 is 8.42 Å². The van der Waals surface area contributed by atoms with Crippen LogP contribution in [-0.2, 0) is 9.84 Å². The lowest BCUT2D eigenvalue weighted by atomic mass is 10.3. The first kappa shape index (κ1) is 18.3. The average molecular weight is 407 g/mol. The minimum atomic E-state index is -2.83. The highest BCUT2D eigenvalue weighted by Crippen LogP contribution is 2.10. The van der Waals surface area contributed by atoms with Crippen LogP contribution < -0.4 is 10.6 Å². The Morgan fingerprint density at radius 2 is 2.22 bits per heavy atom. The summed E-state index contributed by atoms with van der Waals surface area (Å²) < 4.78 is 22.6. The standard InChI is InChI=1S/C10H21N3O2S2.HI/c1-11-10(12-5-3-6-16-2)13-9-4-7-17(14,15)8-9;/h9H,3-8H2,1-2H3,(H2,11,12,13);1H. The highest BCUT2D eigenvalue weighted by Gasteiger charge is 2.28. The summed E-state index contributed by atoms with van der Waals surface area (Å²) in [6, 6.07) is 0.00625. The molecule has 0 aliphatic carbocycles. The van der Waals surface area contributed by atoms with Crippen LogP contribution in [-0.4, -0.2) is 57.5 Å². The average Bonchev–Trinajstić information content (AvgIpc) is 2.62. The molecule has 8 heteroatoms. The van der Waals surface area contributed by atoms with Gasteiger partial charge in [-0.2, -0.15) is 11.8 Å². The van der Waals surface area contributed by atoms with Gasteiger partial charge in [0.05, 0.1) is 11.5 Å². The van der Waals surface area contributed by atoms with Crippen LogP contribution in [0.25, 0.3) is 0 Å². The largest absolute Gasteiger partial charge is 0.356 e. The second-order valence-corrected chi connectivity index (χ2v) is 7.30. The topological polar surface area (TPSA) is 70.6 Å². The first-order chi connectivity index (χ1) is 8.07. The van der Waals surface area contributed by atoms with Gasteiger partial charge in [-0.1, -0.05) is 0 Å². The lowest BCUT2D eigenvalue weighted by Gasteiger charge is -2.15. The van der Waals surface area contributed by atoms with Crippen molar-refractivity contribution >= 4 is 51.5 Å². The summed E-state index contributed by atoms with van der Waals surface area (Å²) >= 11 is 1.81. The van der Waals surface area contributed by atoms with Crippen LogP contribution in [0.3, 0.4) is 0 Å². The van der Waals surface area contributed by atoms with Crippen molar-refractivity contribution in [3.63, 3.8) is 0 Å². The Morgan fingerprint density at radius 3 is 2.72 bits per heavy atom. The van der Waals surface area contributed by atoms with Gasteiger partial charge < -0.3 is 10.6 Å². The SMILES string of the molecule is CN=C(NCCCSC)NC1CCS(=O)(=O)C1.I. The van der Waals surface area contributed by atoms with E-state index in [0.717, 1.165) is 18.7 Å². The molecule has 18 heavy (non-hydrogen) atoms. The Balaban J connectivity index is 0.00000289. The van der Waals surface area contributed by atoms with E-state index in [2.05, 4.69) is 21.9 Å². The van der Waals surface area contributed by atoms with Crippen LogP contribution in [0, 0.1) is 0 Å². The minimum Gasteiger partial charge on any atom is -0.356 e. The summed E-state index contributed by atoms with van der Waals surface area (Å²) in [4.78, 5) is 4.09. The van der Waals surface area contributed by atoms with Crippen molar-refractivity contribution in [2.75, 3.05) is 37.1 Å². The Labute approximate surface area is 131 Å². The number of nitrogens with zero attached hydrogens (tertiary/aromatic N) is 1. The molecule has 5 nitrogen and oxygen atoms in total. The van der Waals surface area contributed by atoms with Crippen LogP contribution in [0.5, 0.6) is 0 Å². The number of sulfone groups is 1. The Bertz CT molecular complexity index is 360. The molecule has 0 spiro atoms. The lowest BCUT2D eigenvalue weighted by Crippen LogP contribution is -2.44. The number of hydrogen-bond donors (Lipinski definition) is 2. The van der Waals surface area contributed by atoms with Crippen molar-refractivity contribution in [2.45, 2.75) is 18.9 Å². The number of nitrogens with one attached hydrogen (secondary N) is 2. The number of rotatable bonds is 5. The Kier molecular flexibility index (Phi) is 9.40. The van der Waals surface area contributed by atoms with Gasteiger partial charge >= 0.3 is 0 Å². The number of halogens is 1. The quantitative estimate of drug-likeness (QED) is 0.304. The van der Waals surface area contributed by atoms with Crippen LogP contribution in [0.1, 0.15) is 12.8 Å². The Morgan fingerprint density at radius 1 is 1.50 bits per heavy atom. The van der Waals surface area contributed by atoms with E-state index in [1.807, 2.05) is 11.8 Å². The smallest absolute Gasteiger partial charge is 0.191 e. The third kappa shape index (κ3) is 7.03. The van der Waals surface area contributed by atoms with Crippen molar-refractivity contribution in [3.8, 4) is 0 Å². The molecule has 0 saturated carbocycles. The normalized spacial score (nSPS) is 22.3. The van der Waals surface area contributed by atoms with Crippen molar-refractivity contribution in [3.05, 3.63) is 0 Å². The highest BCUT2D eigenvalue weighted by atomic mass is 127. The summed E-state index contributed by atoms with van der Waals surface area (Å²) in [5.41, 5.74) is 0. The molecule has 1 saturated heterocycles. The van der Waals surface area contributed by atoms with E-state index >= 15 is 0 Å². The second-order valence-electron chi connectivity index (χ2n) is 4.09. The molecule has 1 unspecified atom stereocenters. The summed E-state index contributed by atoms with van der Waals surface area (Å²) in [6.07, 6.45) is 3.83. The van der Waals surface area contributed by atoms with E-state index in [0.29, 0.717) is 12.4 Å². The lowest BCUT2D eigenvalue weighted by molar-refractivity contribution is 0.599. The molecule has 1 heterocycles. The van der Waals surface area contributed by atoms with E-state index in [-0.39, 0.29) is 41.5 Å². The van der Waals surface area contributed by atoms with E-state index in [9.17, 15) is 8.42 Å². The maximum atomic E-state index is 11.3. The first-order valence-electron chi connectivity index (χ1n) is 5.74. The predicted molar refractivity (Wildman–Crippen MR) is 90.0 cm³/mol. The molecule has 0 amide bonds. The number of aliphatic imine (C=N–C) groups is 1. The molecular weight excluding hydrogens is 385 g/mol. The zero-order valence-electron chi connectivity index (χ0n) is 10.8. The fraction of sp³-hybridized carbons (Fsp3) is 0.900. The summed E-state index contributed by atoms with van der Waals surface area (Å²) in [5, 5.41) is 6.34. The van der Waals surface area contributed by atoms with Crippen LogP contribution in [0.2, 0.25) is 0 Å². The molecule has 1 aliphatic rings. The molecule has 0 aromatic heterocycles. The van der Waals surface area contributed by atoms with Gasteiger partial charge in [0.15, 0.2) is 15.8 Å². The molecule has 108 valence electrons. The fourth-order valence-corrected chi connectivity index (χ4v) is 3.83. The molecular formula is C10H22IN3O2S2. The summed E-state index contributed by atoms with van der Waals surface area (Å²) in [7, 11) is -1.13. The molecule has 0 bridgehead atoms. The molecule has 0 aromatic carbocycles. The van der Waals surface area contributed by atoms with Crippen molar-refractivity contribution in [1.29, 1.82) is 0 Å². The van der Waals surface area contributed by atoms with Gasteiger partial charge in [-0.3, -0.25) is 4.99 Å². The summed E-state index contributed by atoms with van der Waals surface area (Å²) in [6.45, 7) is 0.861. The number of guanidine groups is 1. The minimum absolute atomic E-state index is 0. The highest BCUT2D eigenvalue weighted by molar-refractivity contribution is 14.0. The first-order valence-corrected chi connectivity index (χ1v) is 8.95. The maximum Gasteiger partial charge on any atom is 0.191 e. The summed E-state index contributed by atoms with van der Waals surface area (Å²) in [5.74, 6) is 2.32. The molecule has 1 rings (SSSR count). The molecule has 1 aliphatic heterocycles. The van der Waals surface area contributed by atoms with E-state index in [1.165, 1.54) is 0 Å².